The molecule has 0 aromatic heterocycles. The van der Waals surface area contributed by atoms with Gasteiger partial charge in [-0.2, -0.15) is 8.42 Å². The molecule has 0 bridgehead atoms. The first-order valence-electron chi connectivity index (χ1n) is 4.03. The second-order valence-corrected chi connectivity index (χ2v) is 10.6. The molecule has 0 heterocycles. The summed E-state index contributed by atoms with van der Waals surface area (Å²) in [5.41, 5.74) is -0.0238. The molecule has 0 saturated heterocycles. The highest BCUT2D eigenvalue weighted by Crippen LogP contribution is 2.44. The highest BCUT2D eigenvalue weighted by atomic mass is 36.0. The van der Waals surface area contributed by atoms with Crippen LogP contribution in [0.2, 0.25) is 0 Å². The summed E-state index contributed by atoms with van der Waals surface area (Å²) in [6, 6.07) is 5.91. The maximum atomic E-state index is 10.4. The number of nitrogens with zero attached hydrogens (tertiary/aromatic N) is 1. The summed E-state index contributed by atoms with van der Waals surface area (Å²) in [7, 11) is 4.81. The standard InChI is InChI=1S/C7H4Cl3NO2S.Cl2O2S/c8-7(9,10)14-6-3-1-2-5(4-6)11(12)13;1-5(2,3)4/h1-4H;. The Labute approximate surface area is 137 Å². The van der Waals surface area contributed by atoms with E-state index in [1.54, 1.807) is 6.07 Å². The average molecular weight is 408 g/mol. The molecule has 108 valence electrons. The van der Waals surface area contributed by atoms with Gasteiger partial charge in [-0.3, -0.25) is 10.1 Å². The van der Waals surface area contributed by atoms with Crippen LogP contribution in [0, 0.1) is 10.1 Å². The van der Waals surface area contributed by atoms with Gasteiger partial charge in [0.05, 0.1) is 4.92 Å². The number of alkyl halides is 3. The van der Waals surface area contributed by atoms with Gasteiger partial charge in [0.2, 0.25) is 3.12 Å². The highest BCUT2D eigenvalue weighted by Gasteiger charge is 2.22. The summed E-state index contributed by atoms with van der Waals surface area (Å²) in [6.45, 7) is 0. The molecule has 0 aliphatic carbocycles. The Morgan fingerprint density at radius 1 is 1.21 bits per heavy atom. The maximum Gasteiger partial charge on any atom is 0.317 e. The van der Waals surface area contributed by atoms with Crippen LogP contribution in [0.1, 0.15) is 0 Å². The van der Waals surface area contributed by atoms with Crippen molar-refractivity contribution in [3.8, 4) is 0 Å². The summed E-state index contributed by atoms with van der Waals surface area (Å²) >= 11 is 17.5. The Hall–Kier alpha value is 0.370. The number of nitro groups is 1. The van der Waals surface area contributed by atoms with E-state index in [1.807, 2.05) is 0 Å². The molecule has 0 spiro atoms. The minimum atomic E-state index is -3.72. The Bertz CT molecular complexity index is 537. The molecule has 0 unspecified atom stereocenters. The molecule has 1 aromatic rings. The van der Waals surface area contributed by atoms with Gasteiger partial charge in [-0.15, -0.1) is 0 Å². The monoisotopic (exact) mass is 405 g/mol. The first kappa shape index (κ1) is 19.4. The normalized spacial score (nSPS) is 11.4. The number of hydrogen-bond acceptors (Lipinski definition) is 5. The zero-order chi connectivity index (χ0) is 15.3. The SMILES string of the molecule is O=S(=O)(Cl)Cl.O=[N+]([O-])c1cccc(SC(Cl)(Cl)Cl)c1. The Morgan fingerprint density at radius 3 is 2.05 bits per heavy atom. The van der Waals surface area contributed by atoms with E-state index in [-0.39, 0.29) is 5.69 Å². The van der Waals surface area contributed by atoms with Gasteiger partial charge in [-0.05, 0) is 6.07 Å². The Balaban J connectivity index is 0.000000555. The van der Waals surface area contributed by atoms with Crippen molar-refractivity contribution in [3.05, 3.63) is 34.4 Å². The van der Waals surface area contributed by atoms with Gasteiger partial charge in [0.25, 0.3) is 5.69 Å². The van der Waals surface area contributed by atoms with Crippen LogP contribution in [0.3, 0.4) is 0 Å². The van der Waals surface area contributed by atoms with Crippen LogP contribution in [-0.4, -0.2) is 16.5 Å². The average Bonchev–Trinajstić information content (AvgIpc) is 2.12. The topological polar surface area (TPSA) is 77.3 Å². The van der Waals surface area contributed by atoms with E-state index < -0.39 is 16.3 Å². The molecular formula is C7H4Cl5NO4S2. The van der Waals surface area contributed by atoms with Gasteiger partial charge >= 0.3 is 8.26 Å². The lowest BCUT2D eigenvalue weighted by Gasteiger charge is -2.08. The molecule has 0 radical (unpaired) electrons. The number of non-ortho nitro benzene ring substituents is 1. The van der Waals surface area contributed by atoms with Crippen LogP contribution in [-0.2, 0) is 8.26 Å². The summed E-state index contributed by atoms with van der Waals surface area (Å²) < 4.78 is 16.8. The van der Waals surface area contributed by atoms with Gasteiger partial charge in [-0.25, -0.2) is 0 Å². The third-order valence-electron chi connectivity index (χ3n) is 1.26. The van der Waals surface area contributed by atoms with Crippen molar-refractivity contribution < 1.29 is 13.3 Å². The molecule has 0 atom stereocenters. The molecular weight excluding hydrogens is 403 g/mol. The smallest absolute Gasteiger partial charge is 0.258 e. The fraction of sp³-hybridized carbons (Fsp3) is 0.143. The number of halogens is 5. The third-order valence-corrected chi connectivity index (χ3v) is 2.68. The first-order chi connectivity index (χ1) is 8.38. The first-order valence-corrected chi connectivity index (χ1v) is 9.11. The van der Waals surface area contributed by atoms with Crippen molar-refractivity contribution in [1.82, 2.24) is 0 Å². The van der Waals surface area contributed by atoms with Crippen molar-refractivity contribution in [2.75, 3.05) is 0 Å². The van der Waals surface area contributed by atoms with Crippen molar-refractivity contribution in [2.24, 2.45) is 0 Å². The van der Waals surface area contributed by atoms with Crippen LogP contribution in [0.15, 0.2) is 29.2 Å². The van der Waals surface area contributed by atoms with Gasteiger partial charge in [-0.1, -0.05) is 52.6 Å². The van der Waals surface area contributed by atoms with Gasteiger partial charge in [0.15, 0.2) is 0 Å². The van der Waals surface area contributed by atoms with Crippen LogP contribution < -0.4 is 0 Å². The molecule has 5 nitrogen and oxygen atoms in total. The highest BCUT2D eigenvalue weighted by molar-refractivity contribution is 8.31. The van der Waals surface area contributed by atoms with Crippen molar-refractivity contribution in [3.63, 3.8) is 0 Å². The van der Waals surface area contributed by atoms with Crippen LogP contribution >= 0.6 is 67.9 Å². The molecule has 0 N–H and O–H groups in total. The van der Waals surface area contributed by atoms with Gasteiger partial charge < -0.3 is 0 Å². The second-order valence-electron chi connectivity index (χ2n) is 2.68. The van der Waals surface area contributed by atoms with Crippen LogP contribution in [0.4, 0.5) is 5.69 Å². The fourth-order valence-electron chi connectivity index (χ4n) is 0.794. The number of thioether (sulfide) groups is 1. The fourth-order valence-corrected chi connectivity index (χ4v) is 2.19. The van der Waals surface area contributed by atoms with Gasteiger partial charge in [0.1, 0.15) is 0 Å². The number of nitro benzene ring substituents is 1. The predicted octanol–water partition coefficient (Wildman–Crippen LogP) is 4.72. The van der Waals surface area contributed by atoms with Gasteiger partial charge in [0, 0.05) is 38.4 Å². The summed E-state index contributed by atoms with van der Waals surface area (Å²) in [4.78, 5) is 10.5. The number of hydrogen-bond donors (Lipinski definition) is 0. The van der Waals surface area contributed by atoms with Crippen LogP contribution in [0.5, 0.6) is 0 Å². The molecule has 1 rings (SSSR count). The molecule has 0 aliphatic heterocycles. The van der Waals surface area contributed by atoms with E-state index in [0.717, 1.165) is 11.8 Å². The van der Waals surface area contributed by atoms with Crippen molar-refractivity contribution in [1.29, 1.82) is 0 Å². The zero-order valence-electron chi connectivity index (χ0n) is 8.60. The molecule has 12 heteroatoms. The molecule has 0 aliphatic rings. The third kappa shape index (κ3) is 13.1. The van der Waals surface area contributed by atoms with E-state index in [1.165, 1.54) is 18.2 Å². The minimum Gasteiger partial charge on any atom is -0.258 e. The summed E-state index contributed by atoms with van der Waals surface area (Å²) in [5, 5.41) is 10.4. The molecule has 1 aromatic carbocycles. The lowest BCUT2D eigenvalue weighted by atomic mass is 10.3. The summed E-state index contributed by atoms with van der Waals surface area (Å²) in [5.74, 6) is 0. The number of benzene rings is 1. The maximum absolute atomic E-state index is 10.4. The number of rotatable bonds is 2. The van der Waals surface area contributed by atoms with Crippen molar-refractivity contribution >= 4 is 81.9 Å². The summed E-state index contributed by atoms with van der Waals surface area (Å²) in [6.07, 6.45) is 0. The van der Waals surface area contributed by atoms with E-state index in [0.29, 0.717) is 4.90 Å². The van der Waals surface area contributed by atoms with E-state index in [2.05, 4.69) is 21.4 Å². The van der Waals surface area contributed by atoms with E-state index in [4.69, 9.17) is 43.2 Å². The predicted molar refractivity (Wildman–Crippen MR) is 79.9 cm³/mol. The lowest BCUT2D eigenvalue weighted by Crippen LogP contribution is -1.94. The Kier molecular flexibility index (Phi) is 8.13. The van der Waals surface area contributed by atoms with E-state index >= 15 is 0 Å². The second kappa shape index (κ2) is 7.97. The Morgan fingerprint density at radius 2 is 1.68 bits per heavy atom. The van der Waals surface area contributed by atoms with Crippen molar-refractivity contribution in [2.45, 2.75) is 8.02 Å². The molecule has 0 amide bonds. The minimum absolute atomic E-state index is 0.0238. The van der Waals surface area contributed by atoms with E-state index in [9.17, 15) is 10.1 Å². The zero-order valence-corrected chi connectivity index (χ0v) is 14.0. The quantitative estimate of drug-likeness (QED) is 0.233. The lowest BCUT2D eigenvalue weighted by molar-refractivity contribution is -0.385. The molecule has 0 fully saturated rings. The largest absolute Gasteiger partial charge is 0.317 e. The molecule has 0 saturated carbocycles. The molecule has 19 heavy (non-hydrogen) atoms. The van der Waals surface area contributed by atoms with Crippen LogP contribution in [0.25, 0.3) is 0 Å².